The van der Waals surface area contributed by atoms with Crippen LogP contribution in [0.1, 0.15) is 57.7 Å². The van der Waals surface area contributed by atoms with Crippen molar-refractivity contribution in [3.8, 4) is 0 Å². The van der Waals surface area contributed by atoms with E-state index in [2.05, 4.69) is 31.0 Å². The van der Waals surface area contributed by atoms with Crippen LogP contribution in [0.4, 0.5) is 0 Å². The number of nitrogens with one attached hydrogen (secondary N) is 1. The number of carboxylic acids is 1. The van der Waals surface area contributed by atoms with Gasteiger partial charge >= 0.3 is 5.97 Å². The van der Waals surface area contributed by atoms with Gasteiger partial charge in [-0.2, -0.15) is 0 Å². The standard InChI is InChI=1S/C28H31Cl2N3O3S/c1-15(2)22-23(25(34)32-16(3)5-14-21(32)26(35)36)37-27-31-28(4,18-8-12-20(30)13-9-18)24(33(22)27)17-6-10-19(29)11-7-17/h6-13,15-16,21,24,27,31H,5,14H2,1-4H3,(H,35,36)/t16-,21+,24-,27?,28+/m1/s1. The number of nitrogens with zero attached hydrogens (tertiary/aromatic N) is 2. The number of rotatable bonds is 5. The first-order valence-corrected chi connectivity index (χ1v) is 14.2. The first-order valence-electron chi connectivity index (χ1n) is 12.6. The highest BCUT2D eigenvalue weighted by Crippen LogP contribution is 2.56. The molecule has 0 saturated carbocycles. The van der Waals surface area contributed by atoms with Crippen LogP contribution in [0.3, 0.4) is 0 Å². The molecule has 2 saturated heterocycles. The van der Waals surface area contributed by atoms with Gasteiger partial charge in [0, 0.05) is 21.8 Å². The third-order valence-corrected chi connectivity index (χ3v) is 9.49. The predicted octanol–water partition coefficient (Wildman–Crippen LogP) is 6.22. The Bertz CT molecular complexity index is 1250. The number of likely N-dealkylation sites (tertiary alicyclic amines) is 1. The van der Waals surface area contributed by atoms with Crippen LogP contribution in [-0.4, -0.2) is 44.4 Å². The summed E-state index contributed by atoms with van der Waals surface area (Å²) in [7, 11) is 0. The molecule has 1 amide bonds. The molecule has 3 aliphatic heterocycles. The quantitative estimate of drug-likeness (QED) is 0.453. The molecule has 0 spiro atoms. The summed E-state index contributed by atoms with van der Waals surface area (Å²) in [5, 5.41) is 14.9. The van der Waals surface area contributed by atoms with Crippen molar-refractivity contribution in [2.75, 3.05) is 0 Å². The fourth-order valence-electron chi connectivity index (χ4n) is 6.04. The van der Waals surface area contributed by atoms with Crippen LogP contribution in [0.25, 0.3) is 0 Å². The summed E-state index contributed by atoms with van der Waals surface area (Å²) in [6.45, 7) is 8.29. The van der Waals surface area contributed by atoms with Crippen molar-refractivity contribution < 1.29 is 14.7 Å². The van der Waals surface area contributed by atoms with E-state index in [0.717, 1.165) is 16.8 Å². The monoisotopic (exact) mass is 559 g/mol. The van der Waals surface area contributed by atoms with E-state index in [1.165, 1.54) is 11.8 Å². The van der Waals surface area contributed by atoms with E-state index in [4.69, 9.17) is 23.2 Å². The maximum Gasteiger partial charge on any atom is 0.326 e. The van der Waals surface area contributed by atoms with Gasteiger partial charge in [-0.1, -0.05) is 73.1 Å². The van der Waals surface area contributed by atoms with E-state index in [9.17, 15) is 14.7 Å². The smallest absolute Gasteiger partial charge is 0.326 e. The van der Waals surface area contributed by atoms with Crippen molar-refractivity contribution in [1.82, 2.24) is 15.1 Å². The van der Waals surface area contributed by atoms with E-state index >= 15 is 0 Å². The zero-order chi connectivity index (χ0) is 26.6. The van der Waals surface area contributed by atoms with Crippen molar-refractivity contribution in [2.24, 2.45) is 5.92 Å². The second kappa shape index (κ2) is 9.84. The summed E-state index contributed by atoms with van der Waals surface area (Å²) in [6.07, 6.45) is 1.16. The van der Waals surface area contributed by atoms with Crippen LogP contribution in [0, 0.1) is 5.92 Å². The van der Waals surface area contributed by atoms with Crippen LogP contribution in [-0.2, 0) is 15.1 Å². The highest BCUT2D eigenvalue weighted by molar-refractivity contribution is 8.04. The molecule has 2 fully saturated rings. The van der Waals surface area contributed by atoms with Crippen molar-refractivity contribution in [3.05, 3.63) is 80.3 Å². The van der Waals surface area contributed by atoms with Gasteiger partial charge in [0.05, 0.1) is 16.5 Å². The summed E-state index contributed by atoms with van der Waals surface area (Å²) >= 11 is 14.0. The molecular weight excluding hydrogens is 529 g/mol. The van der Waals surface area contributed by atoms with E-state index in [0.29, 0.717) is 27.8 Å². The third-order valence-electron chi connectivity index (χ3n) is 7.80. The molecule has 3 aliphatic rings. The third kappa shape index (κ3) is 4.44. The minimum absolute atomic E-state index is 0.0433. The van der Waals surface area contributed by atoms with Gasteiger partial charge in [-0.15, -0.1) is 0 Å². The molecule has 5 rings (SSSR count). The van der Waals surface area contributed by atoms with Crippen LogP contribution >= 0.6 is 35.0 Å². The molecule has 5 atom stereocenters. The van der Waals surface area contributed by atoms with Crippen LogP contribution < -0.4 is 5.32 Å². The van der Waals surface area contributed by atoms with Gasteiger partial charge in [0.15, 0.2) is 0 Å². The zero-order valence-corrected chi connectivity index (χ0v) is 23.6. The number of aliphatic carboxylic acids is 1. The number of carbonyl (C=O) groups is 2. The lowest BCUT2D eigenvalue weighted by atomic mass is 9.81. The minimum Gasteiger partial charge on any atom is -0.480 e. The van der Waals surface area contributed by atoms with Crippen molar-refractivity contribution >= 4 is 46.8 Å². The van der Waals surface area contributed by atoms with E-state index < -0.39 is 17.6 Å². The first-order chi connectivity index (χ1) is 17.5. The normalized spacial score (nSPS) is 29.4. The Kier molecular flexibility index (Phi) is 7.03. The van der Waals surface area contributed by atoms with Crippen molar-refractivity contribution in [2.45, 2.75) is 69.7 Å². The lowest BCUT2D eigenvalue weighted by Gasteiger charge is -2.38. The number of halogens is 2. The Morgan fingerprint density at radius 1 is 1.05 bits per heavy atom. The van der Waals surface area contributed by atoms with Crippen LogP contribution in [0.2, 0.25) is 10.0 Å². The van der Waals surface area contributed by atoms with Gasteiger partial charge in [0.2, 0.25) is 0 Å². The summed E-state index contributed by atoms with van der Waals surface area (Å²) in [5.74, 6) is -1.09. The van der Waals surface area contributed by atoms with Crippen LogP contribution in [0.5, 0.6) is 0 Å². The number of hydrogen-bond acceptors (Lipinski definition) is 5. The molecule has 0 bridgehead atoms. The highest BCUT2D eigenvalue weighted by atomic mass is 35.5. The SMILES string of the molecule is CC(C)C1=C(C(=O)N2[C@H](C)CC[C@H]2C(=O)O)SC2N[C@@](C)(c3ccc(Cl)cc3)[C@@H](c3ccc(Cl)cc3)N12. The topological polar surface area (TPSA) is 72.9 Å². The summed E-state index contributed by atoms with van der Waals surface area (Å²) < 4.78 is 0. The molecular formula is C28H31Cl2N3O3S. The Morgan fingerprint density at radius 2 is 1.65 bits per heavy atom. The molecule has 0 radical (unpaired) electrons. The number of amides is 1. The fraction of sp³-hybridized carbons (Fsp3) is 0.429. The molecule has 1 unspecified atom stereocenters. The van der Waals surface area contributed by atoms with Gasteiger partial charge in [0.25, 0.3) is 5.91 Å². The van der Waals surface area contributed by atoms with Gasteiger partial charge in [0.1, 0.15) is 11.5 Å². The molecule has 37 heavy (non-hydrogen) atoms. The maximum atomic E-state index is 14.0. The van der Waals surface area contributed by atoms with E-state index in [-0.39, 0.29) is 29.4 Å². The van der Waals surface area contributed by atoms with Crippen molar-refractivity contribution in [1.29, 1.82) is 0 Å². The number of benzene rings is 2. The molecule has 2 aromatic rings. The maximum absolute atomic E-state index is 14.0. The molecule has 3 heterocycles. The van der Waals surface area contributed by atoms with Crippen molar-refractivity contribution in [3.63, 3.8) is 0 Å². The highest BCUT2D eigenvalue weighted by Gasteiger charge is 2.56. The second-order valence-electron chi connectivity index (χ2n) is 10.5. The van der Waals surface area contributed by atoms with Crippen LogP contribution in [0.15, 0.2) is 59.1 Å². The molecule has 0 aromatic heterocycles. The predicted molar refractivity (Wildman–Crippen MR) is 148 cm³/mol. The summed E-state index contributed by atoms with van der Waals surface area (Å²) in [6, 6.07) is 14.7. The number of carboxylic acid groups (broad SMARTS) is 1. The van der Waals surface area contributed by atoms with Gasteiger partial charge < -0.3 is 14.9 Å². The number of hydrogen-bond donors (Lipinski definition) is 2. The molecule has 2 N–H and O–H groups in total. The largest absolute Gasteiger partial charge is 0.480 e. The van der Waals surface area contributed by atoms with Gasteiger partial charge in [-0.3, -0.25) is 10.1 Å². The number of thioether (sulfide) groups is 1. The summed E-state index contributed by atoms with van der Waals surface area (Å²) in [5.41, 5.74) is 2.41. The molecule has 196 valence electrons. The number of fused-ring (bicyclic) bond motifs is 1. The summed E-state index contributed by atoms with van der Waals surface area (Å²) in [4.78, 5) is 30.5. The molecule has 0 aliphatic carbocycles. The van der Waals surface area contributed by atoms with Gasteiger partial charge in [-0.25, -0.2) is 4.79 Å². The Hall–Kier alpha value is -2.19. The Morgan fingerprint density at radius 3 is 2.22 bits per heavy atom. The molecule has 6 nitrogen and oxygen atoms in total. The Labute approximate surface area is 232 Å². The molecule has 2 aromatic carbocycles. The van der Waals surface area contributed by atoms with E-state index in [1.807, 2.05) is 55.5 Å². The van der Waals surface area contributed by atoms with E-state index in [1.54, 1.807) is 4.90 Å². The number of allylic oxidation sites excluding steroid dienone is 1. The second-order valence-corrected chi connectivity index (χ2v) is 12.5. The zero-order valence-electron chi connectivity index (χ0n) is 21.2. The average molecular weight is 561 g/mol. The number of carbonyl (C=O) groups excluding carboxylic acids is 1. The first kappa shape index (κ1) is 26.4. The lowest BCUT2D eigenvalue weighted by Crippen LogP contribution is -2.45. The fourth-order valence-corrected chi connectivity index (χ4v) is 7.84. The molecule has 9 heteroatoms. The minimum atomic E-state index is -0.944. The Balaban J connectivity index is 1.63. The van der Waals surface area contributed by atoms with Gasteiger partial charge in [-0.05, 0) is 68.0 Å². The average Bonchev–Trinajstić information content (AvgIpc) is 3.49. The lowest BCUT2D eigenvalue weighted by molar-refractivity contribution is -0.147.